The van der Waals surface area contributed by atoms with Crippen molar-refractivity contribution in [3.63, 3.8) is 0 Å². The second-order valence-electron chi connectivity index (χ2n) is 5.29. The van der Waals surface area contributed by atoms with Crippen LogP contribution in [0.15, 0.2) is 30.3 Å². The van der Waals surface area contributed by atoms with Crippen molar-refractivity contribution in [2.45, 2.75) is 26.3 Å². The zero-order valence-corrected chi connectivity index (χ0v) is 11.8. The fourth-order valence-corrected chi connectivity index (χ4v) is 1.93. The van der Waals surface area contributed by atoms with E-state index in [1.807, 2.05) is 32.3 Å². The Morgan fingerprint density at radius 3 is 2.33 bits per heavy atom. The Bertz CT molecular complexity index is 360. The lowest BCUT2D eigenvalue weighted by Crippen LogP contribution is -2.34. The van der Waals surface area contributed by atoms with Crippen molar-refractivity contribution in [1.82, 2.24) is 10.2 Å². The van der Waals surface area contributed by atoms with Crippen LogP contribution in [-0.4, -0.2) is 31.4 Å². The summed E-state index contributed by atoms with van der Waals surface area (Å²) < 4.78 is 0. The lowest BCUT2D eigenvalue weighted by Gasteiger charge is -2.25. The number of carbonyl (C=O) groups is 1. The van der Waals surface area contributed by atoms with Crippen LogP contribution in [0.1, 0.15) is 31.9 Å². The second-order valence-corrected chi connectivity index (χ2v) is 5.29. The Balaban J connectivity index is 2.57. The molecule has 1 aromatic rings. The summed E-state index contributed by atoms with van der Waals surface area (Å²) in [7, 11) is 4.07. The molecule has 1 aromatic carbocycles. The van der Waals surface area contributed by atoms with Crippen LogP contribution in [0.5, 0.6) is 0 Å². The molecule has 0 aliphatic carbocycles. The van der Waals surface area contributed by atoms with Gasteiger partial charge in [-0.25, -0.2) is 0 Å². The molecule has 18 heavy (non-hydrogen) atoms. The third kappa shape index (κ3) is 4.88. The van der Waals surface area contributed by atoms with Crippen LogP contribution >= 0.6 is 0 Å². The van der Waals surface area contributed by atoms with E-state index in [0.29, 0.717) is 18.9 Å². The number of hydrogen-bond acceptors (Lipinski definition) is 2. The molecule has 1 unspecified atom stereocenters. The van der Waals surface area contributed by atoms with Crippen molar-refractivity contribution in [2.24, 2.45) is 5.92 Å². The molecule has 0 saturated heterocycles. The molecule has 0 radical (unpaired) electrons. The van der Waals surface area contributed by atoms with E-state index in [1.54, 1.807) is 0 Å². The van der Waals surface area contributed by atoms with Gasteiger partial charge < -0.3 is 10.2 Å². The normalized spacial score (nSPS) is 12.8. The van der Waals surface area contributed by atoms with Crippen LogP contribution in [0, 0.1) is 5.92 Å². The predicted octanol–water partition coefficient (Wildman–Crippen LogP) is 2.45. The Morgan fingerprint density at radius 1 is 1.22 bits per heavy atom. The summed E-state index contributed by atoms with van der Waals surface area (Å²) in [5.41, 5.74) is 1.23. The Hall–Kier alpha value is -1.35. The molecule has 100 valence electrons. The quantitative estimate of drug-likeness (QED) is 0.838. The number of benzene rings is 1. The lowest BCUT2D eigenvalue weighted by atomic mass is 10.1. The molecule has 0 aromatic heterocycles. The van der Waals surface area contributed by atoms with Gasteiger partial charge in [0.05, 0.1) is 6.04 Å². The zero-order valence-electron chi connectivity index (χ0n) is 11.8. The Labute approximate surface area is 110 Å². The number of nitrogens with zero attached hydrogens (tertiary/aromatic N) is 1. The van der Waals surface area contributed by atoms with Gasteiger partial charge in [0, 0.05) is 13.0 Å². The topological polar surface area (TPSA) is 32.3 Å². The van der Waals surface area contributed by atoms with Crippen LogP contribution < -0.4 is 5.32 Å². The largest absolute Gasteiger partial charge is 0.354 e. The van der Waals surface area contributed by atoms with Crippen molar-refractivity contribution in [3.8, 4) is 0 Å². The van der Waals surface area contributed by atoms with Gasteiger partial charge in [0.2, 0.25) is 5.91 Å². The lowest BCUT2D eigenvalue weighted by molar-refractivity contribution is -0.122. The van der Waals surface area contributed by atoms with Crippen LogP contribution in [0.2, 0.25) is 0 Å². The molecule has 0 aliphatic rings. The van der Waals surface area contributed by atoms with Gasteiger partial charge >= 0.3 is 0 Å². The van der Waals surface area contributed by atoms with E-state index in [1.165, 1.54) is 5.56 Å². The third-order valence-electron chi connectivity index (χ3n) is 2.89. The van der Waals surface area contributed by atoms with Gasteiger partial charge in [0.1, 0.15) is 0 Å². The van der Waals surface area contributed by atoms with Crippen molar-refractivity contribution < 1.29 is 4.79 Å². The highest BCUT2D eigenvalue weighted by atomic mass is 16.1. The van der Waals surface area contributed by atoms with Crippen LogP contribution in [-0.2, 0) is 4.79 Å². The minimum Gasteiger partial charge on any atom is -0.354 e. The molecule has 1 rings (SSSR count). The maximum Gasteiger partial charge on any atom is 0.220 e. The minimum atomic E-state index is 0.132. The van der Waals surface area contributed by atoms with Crippen molar-refractivity contribution >= 4 is 5.91 Å². The van der Waals surface area contributed by atoms with Gasteiger partial charge in [-0.3, -0.25) is 4.79 Å². The molecule has 0 saturated carbocycles. The molecule has 0 fully saturated rings. The van der Waals surface area contributed by atoms with E-state index in [-0.39, 0.29) is 11.9 Å². The number of carbonyl (C=O) groups excluding carboxylic acids is 1. The molecule has 1 N–H and O–H groups in total. The minimum absolute atomic E-state index is 0.132. The summed E-state index contributed by atoms with van der Waals surface area (Å²) in [5.74, 6) is 0.535. The van der Waals surface area contributed by atoms with E-state index in [4.69, 9.17) is 0 Å². The summed E-state index contributed by atoms with van der Waals surface area (Å²) in [5, 5.41) is 3.01. The molecule has 3 heteroatoms. The standard InChI is InChI=1S/C15H24N2O/c1-12(2)10-15(18)16-11-14(17(3)4)13-8-6-5-7-9-13/h5-9,12,14H,10-11H2,1-4H3,(H,16,18). The fraction of sp³-hybridized carbons (Fsp3) is 0.533. The van der Waals surface area contributed by atoms with E-state index in [9.17, 15) is 4.79 Å². The van der Waals surface area contributed by atoms with E-state index in [0.717, 1.165) is 0 Å². The molecule has 0 bridgehead atoms. The maximum absolute atomic E-state index is 11.7. The highest BCUT2D eigenvalue weighted by molar-refractivity contribution is 5.76. The molecule has 1 amide bonds. The molecule has 0 spiro atoms. The number of amides is 1. The molecule has 0 heterocycles. The molecule has 3 nitrogen and oxygen atoms in total. The Kier molecular flexibility index (Phi) is 5.86. The summed E-state index contributed by atoms with van der Waals surface area (Å²) in [6.45, 7) is 4.77. The smallest absolute Gasteiger partial charge is 0.220 e. The summed E-state index contributed by atoms with van der Waals surface area (Å²) in [6.07, 6.45) is 0.592. The van der Waals surface area contributed by atoms with Crippen molar-refractivity contribution in [1.29, 1.82) is 0 Å². The van der Waals surface area contributed by atoms with E-state index >= 15 is 0 Å². The summed E-state index contributed by atoms with van der Waals surface area (Å²) in [4.78, 5) is 13.8. The first-order valence-corrected chi connectivity index (χ1v) is 6.48. The van der Waals surface area contributed by atoms with Gasteiger partial charge in [-0.15, -0.1) is 0 Å². The second kappa shape index (κ2) is 7.17. The van der Waals surface area contributed by atoms with Gasteiger partial charge in [-0.2, -0.15) is 0 Å². The average molecular weight is 248 g/mol. The van der Waals surface area contributed by atoms with Crippen LogP contribution in [0.3, 0.4) is 0 Å². The average Bonchev–Trinajstić information content (AvgIpc) is 2.29. The van der Waals surface area contributed by atoms with Gasteiger partial charge in [0.15, 0.2) is 0 Å². The van der Waals surface area contributed by atoms with Crippen LogP contribution in [0.25, 0.3) is 0 Å². The molecular formula is C15H24N2O. The van der Waals surface area contributed by atoms with Gasteiger partial charge in [-0.05, 0) is 25.6 Å². The molecule has 0 aliphatic heterocycles. The summed E-state index contributed by atoms with van der Waals surface area (Å²) >= 11 is 0. The highest BCUT2D eigenvalue weighted by Gasteiger charge is 2.15. The fourth-order valence-electron chi connectivity index (χ4n) is 1.93. The van der Waals surface area contributed by atoms with E-state index in [2.05, 4.69) is 36.2 Å². The third-order valence-corrected chi connectivity index (χ3v) is 2.89. The molecular weight excluding hydrogens is 224 g/mol. The number of likely N-dealkylation sites (N-methyl/N-ethyl adjacent to an activating group) is 1. The highest BCUT2D eigenvalue weighted by Crippen LogP contribution is 2.16. The monoisotopic (exact) mass is 248 g/mol. The first kappa shape index (κ1) is 14.7. The number of hydrogen-bond donors (Lipinski definition) is 1. The number of nitrogens with one attached hydrogen (secondary N) is 1. The first-order chi connectivity index (χ1) is 8.50. The van der Waals surface area contributed by atoms with Gasteiger partial charge in [0.25, 0.3) is 0 Å². The first-order valence-electron chi connectivity index (χ1n) is 6.48. The Morgan fingerprint density at radius 2 is 1.83 bits per heavy atom. The van der Waals surface area contributed by atoms with Crippen molar-refractivity contribution in [2.75, 3.05) is 20.6 Å². The van der Waals surface area contributed by atoms with Crippen molar-refractivity contribution in [3.05, 3.63) is 35.9 Å². The number of rotatable bonds is 6. The van der Waals surface area contributed by atoms with Gasteiger partial charge in [-0.1, -0.05) is 44.2 Å². The van der Waals surface area contributed by atoms with Crippen LogP contribution in [0.4, 0.5) is 0 Å². The van der Waals surface area contributed by atoms with E-state index < -0.39 is 0 Å². The predicted molar refractivity (Wildman–Crippen MR) is 75.3 cm³/mol. The summed E-state index contributed by atoms with van der Waals surface area (Å²) in [6, 6.07) is 10.5. The zero-order chi connectivity index (χ0) is 13.5. The SMILES string of the molecule is CC(C)CC(=O)NCC(c1ccccc1)N(C)C. The molecule has 1 atom stereocenters. The maximum atomic E-state index is 11.7.